The Morgan fingerprint density at radius 3 is 2.38 bits per heavy atom. The molecule has 29 heavy (non-hydrogen) atoms. The van der Waals surface area contributed by atoms with Crippen LogP contribution in [0.1, 0.15) is 11.7 Å². The molecule has 5 rings (SSSR count). The molecule has 0 spiro atoms. The lowest BCUT2D eigenvalue weighted by Crippen LogP contribution is -1.94. The van der Waals surface area contributed by atoms with Gasteiger partial charge in [-0.05, 0) is 36.8 Å². The standard InChI is InChI=1S/C22H16N4O2S/c1-13-23-21(19-18(12-29-22(19)24-13)15-6-4-3-5-7-15)27-17-10-8-16(9-11-17)20-25-14(2)28-26-20/h3-12H,1-2H3. The second-order valence-corrected chi connectivity index (χ2v) is 7.39. The molecule has 0 N–H and O–H groups in total. The predicted octanol–water partition coefficient (Wildman–Crippen LogP) is 5.82. The molecule has 5 aromatic rings. The van der Waals surface area contributed by atoms with Gasteiger partial charge in [-0.25, -0.2) is 4.98 Å². The fourth-order valence-corrected chi connectivity index (χ4v) is 4.10. The molecule has 0 saturated carbocycles. The lowest BCUT2D eigenvalue weighted by atomic mass is 10.1. The maximum absolute atomic E-state index is 6.18. The molecule has 0 amide bonds. The van der Waals surface area contributed by atoms with Crippen molar-refractivity contribution in [2.75, 3.05) is 0 Å². The minimum atomic E-state index is 0.532. The maximum atomic E-state index is 6.18. The van der Waals surface area contributed by atoms with Crippen molar-refractivity contribution in [1.29, 1.82) is 0 Å². The van der Waals surface area contributed by atoms with Gasteiger partial charge in [-0.2, -0.15) is 9.97 Å². The van der Waals surface area contributed by atoms with Crippen molar-refractivity contribution in [1.82, 2.24) is 20.1 Å². The van der Waals surface area contributed by atoms with E-state index in [1.54, 1.807) is 18.3 Å². The normalized spacial score (nSPS) is 11.1. The summed E-state index contributed by atoms with van der Waals surface area (Å²) in [5.41, 5.74) is 3.04. The Morgan fingerprint density at radius 1 is 0.862 bits per heavy atom. The lowest BCUT2D eigenvalue weighted by Gasteiger charge is -2.09. The number of ether oxygens (including phenoxy) is 1. The number of aryl methyl sites for hydroxylation is 2. The van der Waals surface area contributed by atoms with Gasteiger partial charge in [-0.1, -0.05) is 35.5 Å². The minimum absolute atomic E-state index is 0.532. The van der Waals surface area contributed by atoms with Gasteiger partial charge in [0.1, 0.15) is 16.4 Å². The predicted molar refractivity (Wildman–Crippen MR) is 112 cm³/mol. The van der Waals surface area contributed by atoms with Gasteiger partial charge in [-0.15, -0.1) is 11.3 Å². The number of aromatic nitrogens is 4. The summed E-state index contributed by atoms with van der Waals surface area (Å²) < 4.78 is 11.2. The van der Waals surface area contributed by atoms with Gasteiger partial charge in [0, 0.05) is 23.4 Å². The van der Waals surface area contributed by atoms with Crippen LogP contribution < -0.4 is 4.74 Å². The van der Waals surface area contributed by atoms with Crippen LogP contribution in [0.2, 0.25) is 0 Å². The van der Waals surface area contributed by atoms with Gasteiger partial charge in [-0.3, -0.25) is 0 Å². The van der Waals surface area contributed by atoms with Crippen LogP contribution >= 0.6 is 11.3 Å². The second-order valence-electron chi connectivity index (χ2n) is 6.53. The zero-order valence-electron chi connectivity index (χ0n) is 15.8. The smallest absolute Gasteiger partial charge is 0.231 e. The monoisotopic (exact) mass is 400 g/mol. The van der Waals surface area contributed by atoms with Crippen molar-refractivity contribution in [2.45, 2.75) is 13.8 Å². The number of rotatable bonds is 4. The van der Waals surface area contributed by atoms with E-state index in [4.69, 9.17) is 9.26 Å². The summed E-state index contributed by atoms with van der Waals surface area (Å²) in [6.07, 6.45) is 0. The Morgan fingerprint density at radius 2 is 1.66 bits per heavy atom. The number of fused-ring (bicyclic) bond motifs is 1. The Kier molecular flexibility index (Phi) is 4.29. The first kappa shape index (κ1) is 17.5. The molecule has 142 valence electrons. The average molecular weight is 400 g/mol. The van der Waals surface area contributed by atoms with Gasteiger partial charge < -0.3 is 9.26 Å². The third kappa shape index (κ3) is 3.36. The molecule has 0 atom stereocenters. The maximum Gasteiger partial charge on any atom is 0.231 e. The molecule has 6 nitrogen and oxygen atoms in total. The van der Waals surface area contributed by atoms with E-state index < -0.39 is 0 Å². The molecule has 7 heteroatoms. The van der Waals surface area contributed by atoms with Crippen molar-refractivity contribution in [2.24, 2.45) is 0 Å². The summed E-state index contributed by atoms with van der Waals surface area (Å²) in [5.74, 6) is 2.99. The van der Waals surface area contributed by atoms with Crippen molar-refractivity contribution in [3.05, 3.63) is 71.7 Å². The Balaban J connectivity index is 1.54. The first-order chi connectivity index (χ1) is 14.2. The van der Waals surface area contributed by atoms with Crippen molar-refractivity contribution in [3.63, 3.8) is 0 Å². The molecule has 0 saturated heterocycles. The molecular formula is C22H16N4O2S. The van der Waals surface area contributed by atoms with Gasteiger partial charge in [0.25, 0.3) is 0 Å². The quantitative estimate of drug-likeness (QED) is 0.379. The first-order valence-electron chi connectivity index (χ1n) is 9.07. The first-order valence-corrected chi connectivity index (χ1v) is 9.95. The van der Waals surface area contributed by atoms with Crippen LogP contribution in [0.4, 0.5) is 0 Å². The van der Waals surface area contributed by atoms with Gasteiger partial charge in [0.15, 0.2) is 0 Å². The van der Waals surface area contributed by atoms with E-state index in [9.17, 15) is 0 Å². The Bertz CT molecular complexity index is 1290. The van der Waals surface area contributed by atoms with Crippen LogP contribution in [0.15, 0.2) is 64.5 Å². The fourth-order valence-electron chi connectivity index (χ4n) is 3.12. The molecule has 0 aliphatic rings. The summed E-state index contributed by atoms with van der Waals surface area (Å²) in [5, 5.41) is 6.97. The number of hydrogen-bond acceptors (Lipinski definition) is 7. The zero-order chi connectivity index (χ0) is 19.8. The third-order valence-electron chi connectivity index (χ3n) is 4.45. The SMILES string of the molecule is Cc1nc(Oc2ccc(-c3noc(C)n3)cc2)c2c(-c3ccccc3)csc2n1. The van der Waals surface area contributed by atoms with Crippen LogP contribution in [0, 0.1) is 13.8 Å². The van der Waals surface area contributed by atoms with Crippen LogP contribution in [-0.4, -0.2) is 20.1 Å². The molecule has 0 unspecified atom stereocenters. The highest BCUT2D eigenvalue weighted by atomic mass is 32.1. The summed E-state index contributed by atoms with van der Waals surface area (Å²) >= 11 is 1.59. The third-order valence-corrected chi connectivity index (χ3v) is 5.32. The topological polar surface area (TPSA) is 73.9 Å². The van der Waals surface area contributed by atoms with Crippen molar-refractivity contribution in [3.8, 4) is 34.1 Å². The van der Waals surface area contributed by atoms with E-state index >= 15 is 0 Å². The number of benzene rings is 2. The summed E-state index contributed by atoms with van der Waals surface area (Å²) in [6.45, 7) is 3.64. The van der Waals surface area contributed by atoms with Gasteiger partial charge >= 0.3 is 0 Å². The number of nitrogens with zero attached hydrogens (tertiary/aromatic N) is 4. The molecule has 0 bridgehead atoms. The van der Waals surface area contributed by atoms with Crippen molar-refractivity contribution < 1.29 is 9.26 Å². The highest BCUT2D eigenvalue weighted by Crippen LogP contribution is 2.39. The average Bonchev–Trinajstić information content (AvgIpc) is 3.35. The van der Waals surface area contributed by atoms with Crippen LogP contribution in [0.3, 0.4) is 0 Å². The van der Waals surface area contributed by atoms with Crippen LogP contribution in [0.5, 0.6) is 11.6 Å². The van der Waals surface area contributed by atoms with Gasteiger partial charge in [0.2, 0.25) is 17.6 Å². The molecule has 0 aliphatic carbocycles. The lowest BCUT2D eigenvalue weighted by molar-refractivity contribution is 0.394. The molecule has 0 radical (unpaired) electrons. The summed E-state index contributed by atoms with van der Waals surface area (Å²) in [6, 6.07) is 17.7. The Labute approximate surface area is 170 Å². The van der Waals surface area contributed by atoms with E-state index in [1.807, 2.05) is 49.4 Å². The van der Waals surface area contributed by atoms with Gasteiger partial charge in [0.05, 0.1) is 5.39 Å². The molecule has 0 fully saturated rings. The molecule has 3 aromatic heterocycles. The highest BCUT2D eigenvalue weighted by Gasteiger charge is 2.16. The highest BCUT2D eigenvalue weighted by molar-refractivity contribution is 7.17. The molecule has 0 aliphatic heterocycles. The zero-order valence-corrected chi connectivity index (χ0v) is 16.6. The fraction of sp³-hybridized carbons (Fsp3) is 0.0909. The number of hydrogen-bond donors (Lipinski definition) is 0. The minimum Gasteiger partial charge on any atom is -0.438 e. The van der Waals surface area contributed by atoms with E-state index in [2.05, 4.69) is 37.6 Å². The van der Waals surface area contributed by atoms with Crippen LogP contribution in [0.25, 0.3) is 32.7 Å². The molecule has 3 heterocycles. The van der Waals surface area contributed by atoms with E-state index in [0.717, 1.165) is 26.9 Å². The molecular weight excluding hydrogens is 384 g/mol. The second kappa shape index (κ2) is 7.10. The van der Waals surface area contributed by atoms with E-state index in [0.29, 0.717) is 29.2 Å². The Hall–Kier alpha value is -3.58. The summed E-state index contributed by atoms with van der Waals surface area (Å²) in [4.78, 5) is 14.3. The number of thiophene rings is 1. The largest absolute Gasteiger partial charge is 0.438 e. The molecule has 2 aromatic carbocycles. The van der Waals surface area contributed by atoms with E-state index in [-0.39, 0.29) is 0 Å². The van der Waals surface area contributed by atoms with E-state index in [1.165, 1.54) is 0 Å². The van der Waals surface area contributed by atoms with Crippen molar-refractivity contribution >= 4 is 21.6 Å². The van der Waals surface area contributed by atoms with Crippen LogP contribution in [-0.2, 0) is 0 Å². The summed E-state index contributed by atoms with van der Waals surface area (Å²) in [7, 11) is 0.